The molecule has 100 valence electrons. The molecule has 1 atom stereocenters. The van der Waals surface area contributed by atoms with Gasteiger partial charge in [0.15, 0.2) is 0 Å². The lowest BCUT2D eigenvalue weighted by molar-refractivity contribution is 0.233. The third-order valence-corrected chi connectivity index (χ3v) is 3.98. The van der Waals surface area contributed by atoms with E-state index in [1.165, 1.54) is 0 Å². The molecular weight excluding hydrogens is 236 g/mol. The Balaban J connectivity index is 1.91. The smallest absolute Gasteiger partial charge is 0.129 e. The monoisotopic (exact) mass is 256 g/mol. The van der Waals surface area contributed by atoms with E-state index in [1.807, 2.05) is 18.2 Å². The Morgan fingerprint density at radius 1 is 1.21 bits per heavy atom. The molecule has 0 saturated carbocycles. The highest BCUT2D eigenvalue weighted by molar-refractivity contribution is 5.83. The van der Waals surface area contributed by atoms with Crippen LogP contribution >= 0.6 is 0 Å². The van der Waals surface area contributed by atoms with Gasteiger partial charge in [-0.15, -0.1) is 0 Å². The van der Waals surface area contributed by atoms with Gasteiger partial charge in [0.25, 0.3) is 0 Å². The van der Waals surface area contributed by atoms with Crippen LogP contribution in [0.15, 0.2) is 30.3 Å². The number of aromatic nitrogens is 1. The van der Waals surface area contributed by atoms with Crippen molar-refractivity contribution in [2.45, 2.75) is 13.0 Å². The first-order valence-corrected chi connectivity index (χ1v) is 6.75. The first-order chi connectivity index (χ1) is 9.13. The van der Waals surface area contributed by atoms with Crippen molar-refractivity contribution in [3.05, 3.63) is 30.3 Å². The van der Waals surface area contributed by atoms with Gasteiger partial charge in [-0.1, -0.05) is 0 Å². The molecule has 1 saturated heterocycles. The third-order valence-electron chi connectivity index (χ3n) is 3.98. The van der Waals surface area contributed by atoms with Crippen LogP contribution in [0, 0.1) is 0 Å². The number of rotatable bonds is 1. The summed E-state index contributed by atoms with van der Waals surface area (Å²) in [6.45, 7) is 5.41. The van der Waals surface area contributed by atoms with E-state index in [9.17, 15) is 0 Å². The second-order valence-electron chi connectivity index (χ2n) is 5.40. The third kappa shape index (κ3) is 2.36. The second kappa shape index (κ2) is 4.70. The summed E-state index contributed by atoms with van der Waals surface area (Å²) in [5.74, 6) is 1.07. The average molecular weight is 256 g/mol. The molecule has 2 N–H and O–H groups in total. The molecule has 0 radical (unpaired) electrons. The summed E-state index contributed by atoms with van der Waals surface area (Å²) in [5.41, 5.74) is 7.59. The highest BCUT2D eigenvalue weighted by atomic mass is 15.3. The van der Waals surface area contributed by atoms with Crippen LogP contribution in [0.2, 0.25) is 0 Å². The Morgan fingerprint density at radius 2 is 2.05 bits per heavy atom. The quantitative estimate of drug-likeness (QED) is 0.792. The Morgan fingerprint density at radius 3 is 2.84 bits per heavy atom. The van der Waals surface area contributed by atoms with Crippen LogP contribution in [0.5, 0.6) is 0 Å². The molecule has 19 heavy (non-hydrogen) atoms. The van der Waals surface area contributed by atoms with Gasteiger partial charge < -0.3 is 15.5 Å². The lowest BCUT2D eigenvalue weighted by Gasteiger charge is -2.38. The van der Waals surface area contributed by atoms with Gasteiger partial charge in [-0.2, -0.15) is 0 Å². The van der Waals surface area contributed by atoms with E-state index in [2.05, 4.69) is 35.9 Å². The number of nitrogens with zero attached hydrogens (tertiary/aromatic N) is 3. The van der Waals surface area contributed by atoms with E-state index >= 15 is 0 Å². The topological polar surface area (TPSA) is 45.4 Å². The van der Waals surface area contributed by atoms with E-state index in [0.29, 0.717) is 6.04 Å². The molecule has 0 aliphatic carbocycles. The number of fused-ring (bicyclic) bond motifs is 1. The Labute approximate surface area is 113 Å². The van der Waals surface area contributed by atoms with E-state index < -0.39 is 0 Å². The number of likely N-dealkylation sites (N-methyl/N-ethyl adjacent to an activating group) is 1. The van der Waals surface area contributed by atoms with Gasteiger partial charge in [-0.25, -0.2) is 4.98 Å². The summed E-state index contributed by atoms with van der Waals surface area (Å²) in [4.78, 5) is 9.50. The second-order valence-corrected chi connectivity index (χ2v) is 5.40. The standard InChI is InChI=1S/C15H20N4/c1-11-10-19(8-7-18(11)2)15-6-3-12-9-13(16)4-5-14(12)17-15/h3-6,9,11H,7-8,10,16H2,1-2H3. The highest BCUT2D eigenvalue weighted by Crippen LogP contribution is 2.22. The molecule has 1 aliphatic rings. The van der Waals surface area contributed by atoms with Crippen molar-refractivity contribution >= 4 is 22.4 Å². The van der Waals surface area contributed by atoms with E-state index in [0.717, 1.165) is 42.0 Å². The van der Waals surface area contributed by atoms with Crippen molar-refractivity contribution in [3.63, 3.8) is 0 Å². The van der Waals surface area contributed by atoms with Crippen molar-refractivity contribution in [1.82, 2.24) is 9.88 Å². The normalized spacial score (nSPS) is 20.9. The summed E-state index contributed by atoms with van der Waals surface area (Å²) in [6, 6.07) is 10.6. The van der Waals surface area contributed by atoms with Gasteiger partial charge in [0.1, 0.15) is 5.82 Å². The molecule has 0 spiro atoms. The van der Waals surface area contributed by atoms with Crippen LogP contribution in [0.1, 0.15) is 6.92 Å². The first kappa shape index (κ1) is 12.2. The maximum absolute atomic E-state index is 5.79. The van der Waals surface area contributed by atoms with Crippen LogP contribution in [0.4, 0.5) is 11.5 Å². The van der Waals surface area contributed by atoms with Gasteiger partial charge in [0.05, 0.1) is 5.52 Å². The molecular formula is C15H20N4. The van der Waals surface area contributed by atoms with Crippen LogP contribution in [0.25, 0.3) is 10.9 Å². The summed E-state index contributed by atoms with van der Waals surface area (Å²) in [6.07, 6.45) is 0. The van der Waals surface area contributed by atoms with Crippen molar-refractivity contribution in [3.8, 4) is 0 Å². The van der Waals surface area contributed by atoms with Crippen LogP contribution in [-0.2, 0) is 0 Å². The fraction of sp³-hybridized carbons (Fsp3) is 0.400. The number of anilines is 2. The zero-order valence-electron chi connectivity index (χ0n) is 11.5. The fourth-order valence-electron chi connectivity index (χ4n) is 2.57. The number of nitrogen functional groups attached to an aromatic ring is 1. The first-order valence-electron chi connectivity index (χ1n) is 6.75. The van der Waals surface area contributed by atoms with Gasteiger partial charge in [0, 0.05) is 36.7 Å². The Bertz CT molecular complexity index is 596. The van der Waals surface area contributed by atoms with Crippen molar-refractivity contribution < 1.29 is 0 Å². The number of piperazine rings is 1. The van der Waals surface area contributed by atoms with Gasteiger partial charge in [0.2, 0.25) is 0 Å². The molecule has 0 amide bonds. The number of hydrogen-bond acceptors (Lipinski definition) is 4. The maximum atomic E-state index is 5.79. The minimum Gasteiger partial charge on any atom is -0.399 e. The summed E-state index contributed by atoms with van der Waals surface area (Å²) in [7, 11) is 2.18. The molecule has 1 fully saturated rings. The average Bonchev–Trinajstić information content (AvgIpc) is 2.41. The molecule has 2 aromatic rings. The predicted octanol–water partition coefficient (Wildman–Crippen LogP) is 1.96. The molecule has 1 aliphatic heterocycles. The zero-order chi connectivity index (χ0) is 13.4. The van der Waals surface area contributed by atoms with Crippen molar-refractivity contribution in [1.29, 1.82) is 0 Å². The number of nitrogens with two attached hydrogens (primary N) is 1. The van der Waals surface area contributed by atoms with E-state index in [-0.39, 0.29) is 0 Å². The SMILES string of the molecule is CC1CN(c2ccc3cc(N)ccc3n2)CCN1C. The van der Waals surface area contributed by atoms with Crippen LogP contribution in [0.3, 0.4) is 0 Å². The van der Waals surface area contributed by atoms with Gasteiger partial charge >= 0.3 is 0 Å². The summed E-state index contributed by atoms with van der Waals surface area (Å²) < 4.78 is 0. The molecule has 3 rings (SSSR count). The summed E-state index contributed by atoms with van der Waals surface area (Å²) >= 11 is 0. The van der Waals surface area contributed by atoms with Crippen LogP contribution in [-0.4, -0.2) is 42.6 Å². The Hall–Kier alpha value is -1.81. The van der Waals surface area contributed by atoms with Gasteiger partial charge in [-0.05, 0) is 44.3 Å². The molecule has 0 bridgehead atoms. The molecule has 1 unspecified atom stereocenters. The number of hydrogen-bond donors (Lipinski definition) is 1. The molecule has 1 aromatic heterocycles. The molecule has 4 nitrogen and oxygen atoms in total. The van der Waals surface area contributed by atoms with Crippen LogP contribution < -0.4 is 10.6 Å². The minimum atomic E-state index is 0.567. The Kier molecular flexibility index (Phi) is 3.03. The molecule has 4 heteroatoms. The van der Waals surface area contributed by atoms with Crippen molar-refractivity contribution in [2.75, 3.05) is 37.3 Å². The van der Waals surface area contributed by atoms with E-state index in [1.54, 1.807) is 0 Å². The largest absolute Gasteiger partial charge is 0.399 e. The summed E-state index contributed by atoms with van der Waals surface area (Å²) in [5, 5.41) is 1.10. The van der Waals surface area contributed by atoms with Gasteiger partial charge in [-0.3, -0.25) is 0 Å². The number of benzene rings is 1. The number of pyridine rings is 1. The fourth-order valence-corrected chi connectivity index (χ4v) is 2.57. The highest BCUT2D eigenvalue weighted by Gasteiger charge is 2.21. The zero-order valence-corrected chi connectivity index (χ0v) is 11.5. The molecule has 2 heterocycles. The minimum absolute atomic E-state index is 0.567. The maximum Gasteiger partial charge on any atom is 0.129 e. The lowest BCUT2D eigenvalue weighted by Crippen LogP contribution is -2.50. The molecule has 1 aromatic carbocycles. The van der Waals surface area contributed by atoms with Crippen molar-refractivity contribution in [2.24, 2.45) is 0 Å². The predicted molar refractivity (Wildman–Crippen MR) is 80.5 cm³/mol. The lowest BCUT2D eigenvalue weighted by atomic mass is 10.1. The van der Waals surface area contributed by atoms with E-state index in [4.69, 9.17) is 10.7 Å².